The first-order chi connectivity index (χ1) is 11.2. The first-order valence-corrected chi connectivity index (χ1v) is 8.21. The van der Waals surface area contributed by atoms with Gasteiger partial charge in [0, 0.05) is 30.9 Å². The molecule has 2 aliphatic rings. The molecule has 1 amide bonds. The van der Waals surface area contributed by atoms with Crippen molar-refractivity contribution in [2.45, 2.75) is 38.0 Å². The van der Waals surface area contributed by atoms with E-state index in [4.69, 9.17) is 4.98 Å². The Morgan fingerprint density at radius 3 is 3.00 bits per heavy atom. The zero-order chi connectivity index (χ0) is 15.9. The van der Waals surface area contributed by atoms with E-state index in [-0.39, 0.29) is 11.3 Å². The van der Waals surface area contributed by atoms with E-state index >= 15 is 0 Å². The summed E-state index contributed by atoms with van der Waals surface area (Å²) in [5, 5.41) is 0. The number of carbonyl (C=O) groups is 1. The van der Waals surface area contributed by atoms with Gasteiger partial charge >= 0.3 is 0 Å². The molecule has 5 heteroatoms. The Bertz CT molecular complexity index is 742. The molecule has 1 aliphatic carbocycles. The van der Waals surface area contributed by atoms with Crippen LogP contribution in [0, 0.1) is 6.92 Å². The van der Waals surface area contributed by atoms with Crippen molar-refractivity contribution in [3.63, 3.8) is 0 Å². The molecule has 2 aromatic rings. The molecule has 5 nitrogen and oxygen atoms in total. The summed E-state index contributed by atoms with van der Waals surface area (Å²) in [6.07, 6.45) is 7.83. The van der Waals surface area contributed by atoms with Gasteiger partial charge in [-0.15, -0.1) is 0 Å². The van der Waals surface area contributed by atoms with Crippen molar-refractivity contribution >= 4 is 5.91 Å². The minimum absolute atomic E-state index is 0.00568. The van der Waals surface area contributed by atoms with Crippen LogP contribution in [-0.2, 0) is 11.8 Å². The lowest BCUT2D eigenvalue weighted by Gasteiger charge is -2.40. The zero-order valence-corrected chi connectivity index (χ0v) is 13.3. The van der Waals surface area contributed by atoms with Crippen LogP contribution in [0.25, 0.3) is 0 Å². The largest absolute Gasteiger partial charge is 0.336 e. The molecule has 0 radical (unpaired) electrons. The number of fused-ring (bicyclic) bond motifs is 2. The lowest BCUT2D eigenvalue weighted by molar-refractivity contribution is 0.0627. The second kappa shape index (κ2) is 5.41. The lowest BCUT2D eigenvalue weighted by Crippen LogP contribution is -2.48. The van der Waals surface area contributed by atoms with E-state index in [1.165, 1.54) is 11.3 Å². The van der Waals surface area contributed by atoms with Gasteiger partial charge in [-0.05, 0) is 50.3 Å². The van der Waals surface area contributed by atoms with Crippen molar-refractivity contribution in [2.75, 3.05) is 13.1 Å². The molecular formula is C18H20N4O. The fourth-order valence-electron chi connectivity index (χ4n) is 3.98. The van der Waals surface area contributed by atoms with Crippen LogP contribution in [0.2, 0.25) is 0 Å². The molecular weight excluding hydrogens is 288 g/mol. The minimum Gasteiger partial charge on any atom is -0.336 e. The van der Waals surface area contributed by atoms with Crippen molar-refractivity contribution < 1.29 is 4.79 Å². The smallest absolute Gasteiger partial charge is 0.272 e. The molecule has 4 rings (SSSR count). The van der Waals surface area contributed by atoms with Gasteiger partial charge in [0.1, 0.15) is 11.5 Å². The monoisotopic (exact) mass is 308 g/mol. The molecule has 1 aliphatic heterocycles. The van der Waals surface area contributed by atoms with Crippen LogP contribution < -0.4 is 0 Å². The van der Waals surface area contributed by atoms with Crippen molar-refractivity contribution in [3.05, 3.63) is 53.4 Å². The Balaban J connectivity index is 1.64. The molecule has 118 valence electrons. The molecule has 0 aromatic carbocycles. The van der Waals surface area contributed by atoms with Crippen molar-refractivity contribution in [1.82, 2.24) is 19.9 Å². The van der Waals surface area contributed by atoms with Gasteiger partial charge in [0.15, 0.2) is 0 Å². The quantitative estimate of drug-likeness (QED) is 0.811. The SMILES string of the molecule is Cc1ncc2c(n1)C1(CCCN(C(=O)c3ccccn3)C1)CC2. The third-order valence-electron chi connectivity index (χ3n) is 5.11. The number of piperidine rings is 1. The molecule has 1 spiro atoms. The Morgan fingerprint density at radius 2 is 2.17 bits per heavy atom. The Kier molecular flexibility index (Phi) is 3.36. The van der Waals surface area contributed by atoms with E-state index in [2.05, 4.69) is 9.97 Å². The number of aromatic nitrogens is 3. The van der Waals surface area contributed by atoms with Crippen molar-refractivity contribution in [2.24, 2.45) is 0 Å². The second-order valence-electron chi connectivity index (χ2n) is 6.62. The zero-order valence-electron chi connectivity index (χ0n) is 13.3. The van der Waals surface area contributed by atoms with Crippen LogP contribution in [-0.4, -0.2) is 38.8 Å². The topological polar surface area (TPSA) is 59.0 Å². The predicted octanol–water partition coefficient (Wildman–Crippen LogP) is 2.30. The number of carbonyl (C=O) groups excluding carboxylic acids is 1. The number of rotatable bonds is 1. The molecule has 1 atom stereocenters. The molecule has 1 fully saturated rings. The van der Waals surface area contributed by atoms with Crippen LogP contribution in [0.3, 0.4) is 0 Å². The number of pyridine rings is 1. The number of likely N-dealkylation sites (tertiary alicyclic amines) is 1. The van der Waals surface area contributed by atoms with E-state index in [1.54, 1.807) is 12.3 Å². The summed E-state index contributed by atoms with van der Waals surface area (Å²) in [4.78, 5) is 28.0. The minimum atomic E-state index is 0.00568. The van der Waals surface area contributed by atoms with Crippen molar-refractivity contribution in [1.29, 1.82) is 0 Å². The van der Waals surface area contributed by atoms with Gasteiger partial charge in [0.05, 0.1) is 5.69 Å². The molecule has 3 heterocycles. The molecule has 1 unspecified atom stereocenters. The Hall–Kier alpha value is -2.30. The Morgan fingerprint density at radius 1 is 1.26 bits per heavy atom. The summed E-state index contributed by atoms with van der Waals surface area (Å²) in [5.74, 6) is 0.849. The van der Waals surface area contributed by atoms with Crippen LogP contribution in [0.15, 0.2) is 30.6 Å². The molecule has 2 aromatic heterocycles. The van der Waals surface area contributed by atoms with E-state index in [0.717, 1.165) is 44.6 Å². The van der Waals surface area contributed by atoms with Crippen LogP contribution in [0.5, 0.6) is 0 Å². The fourth-order valence-corrected chi connectivity index (χ4v) is 3.98. The highest BCUT2D eigenvalue weighted by molar-refractivity contribution is 5.92. The number of amides is 1. The summed E-state index contributed by atoms with van der Waals surface area (Å²) >= 11 is 0. The third kappa shape index (κ3) is 2.40. The summed E-state index contributed by atoms with van der Waals surface area (Å²) in [6, 6.07) is 5.49. The first-order valence-electron chi connectivity index (χ1n) is 8.21. The molecule has 0 saturated carbocycles. The fraction of sp³-hybridized carbons (Fsp3) is 0.444. The van der Waals surface area contributed by atoms with Gasteiger partial charge in [0.2, 0.25) is 0 Å². The van der Waals surface area contributed by atoms with Gasteiger partial charge in [-0.3, -0.25) is 9.78 Å². The predicted molar refractivity (Wildman–Crippen MR) is 86.1 cm³/mol. The molecule has 0 N–H and O–H groups in total. The normalized spacial score (nSPS) is 23.1. The molecule has 0 bridgehead atoms. The summed E-state index contributed by atoms with van der Waals surface area (Å²) in [5.41, 5.74) is 2.96. The van der Waals surface area contributed by atoms with Gasteiger partial charge in [-0.1, -0.05) is 6.07 Å². The van der Waals surface area contributed by atoms with E-state index in [0.29, 0.717) is 5.69 Å². The van der Waals surface area contributed by atoms with Gasteiger partial charge in [0.25, 0.3) is 5.91 Å². The standard InChI is InChI=1S/C18H20N4O/c1-13-20-11-14-6-8-18(16(14)21-13)7-4-10-22(12-18)17(23)15-5-2-3-9-19-15/h2-3,5,9,11H,4,6-8,10,12H2,1H3. The first kappa shape index (κ1) is 14.3. The highest BCUT2D eigenvalue weighted by Gasteiger charge is 2.44. The third-order valence-corrected chi connectivity index (χ3v) is 5.11. The average molecular weight is 308 g/mol. The Labute approximate surface area is 135 Å². The maximum Gasteiger partial charge on any atom is 0.272 e. The maximum atomic E-state index is 12.7. The van der Waals surface area contributed by atoms with E-state index < -0.39 is 0 Å². The highest BCUT2D eigenvalue weighted by atomic mass is 16.2. The number of aryl methyl sites for hydroxylation is 2. The van der Waals surface area contributed by atoms with Crippen LogP contribution in [0.1, 0.15) is 46.8 Å². The van der Waals surface area contributed by atoms with E-state index in [1.807, 2.05) is 30.2 Å². The number of nitrogens with zero attached hydrogens (tertiary/aromatic N) is 4. The average Bonchev–Trinajstić information content (AvgIpc) is 2.93. The summed E-state index contributed by atoms with van der Waals surface area (Å²) in [7, 11) is 0. The van der Waals surface area contributed by atoms with Crippen LogP contribution >= 0.6 is 0 Å². The maximum absolute atomic E-state index is 12.7. The van der Waals surface area contributed by atoms with Crippen LogP contribution in [0.4, 0.5) is 0 Å². The van der Waals surface area contributed by atoms with Gasteiger partial charge in [-0.25, -0.2) is 9.97 Å². The highest BCUT2D eigenvalue weighted by Crippen LogP contribution is 2.43. The van der Waals surface area contributed by atoms with Gasteiger partial charge < -0.3 is 4.90 Å². The summed E-state index contributed by atoms with van der Waals surface area (Å²) < 4.78 is 0. The number of hydrogen-bond donors (Lipinski definition) is 0. The number of hydrogen-bond acceptors (Lipinski definition) is 4. The van der Waals surface area contributed by atoms with Crippen molar-refractivity contribution in [3.8, 4) is 0 Å². The lowest BCUT2D eigenvalue weighted by atomic mass is 9.77. The molecule has 1 saturated heterocycles. The summed E-state index contributed by atoms with van der Waals surface area (Å²) in [6.45, 7) is 3.48. The second-order valence-corrected chi connectivity index (χ2v) is 6.62. The van der Waals surface area contributed by atoms with Gasteiger partial charge in [-0.2, -0.15) is 0 Å². The van der Waals surface area contributed by atoms with E-state index in [9.17, 15) is 4.79 Å². The molecule has 23 heavy (non-hydrogen) atoms.